The minimum absolute atomic E-state index is 0.271. The van der Waals surface area contributed by atoms with Gasteiger partial charge in [0.15, 0.2) is 0 Å². The van der Waals surface area contributed by atoms with Gasteiger partial charge in [0, 0.05) is 19.4 Å². The van der Waals surface area contributed by atoms with Gasteiger partial charge in [0.25, 0.3) is 5.97 Å². The van der Waals surface area contributed by atoms with E-state index in [9.17, 15) is 0 Å². The zero-order valence-corrected chi connectivity index (χ0v) is 6.76. The standard InChI is InChI=1S/C4H9ClO.C2H4O2/c5-3-1-2-4-6;1-2(3)4/h6H,1-4H2;1H3,(H,3,4). The molecule has 0 heterocycles. The minimum atomic E-state index is -0.833. The Hall–Kier alpha value is -0.280. The molecular formula is C6H13ClO3. The van der Waals surface area contributed by atoms with Crippen LogP contribution in [0, 0.1) is 0 Å². The maximum atomic E-state index is 9.00. The number of halogens is 1. The summed E-state index contributed by atoms with van der Waals surface area (Å²) in [5, 5.41) is 15.6. The highest BCUT2D eigenvalue weighted by molar-refractivity contribution is 6.17. The van der Waals surface area contributed by atoms with E-state index in [1.165, 1.54) is 0 Å². The fourth-order valence-electron chi connectivity index (χ4n) is 0.206. The van der Waals surface area contributed by atoms with E-state index in [1.54, 1.807) is 0 Å². The Balaban J connectivity index is 0. The molecule has 0 atom stereocenters. The first-order valence-corrected chi connectivity index (χ1v) is 3.55. The highest BCUT2D eigenvalue weighted by Gasteiger charge is 1.77. The van der Waals surface area contributed by atoms with Crippen LogP contribution < -0.4 is 0 Å². The van der Waals surface area contributed by atoms with Gasteiger partial charge in [0.2, 0.25) is 0 Å². The second-order valence-corrected chi connectivity index (χ2v) is 2.02. The summed E-state index contributed by atoms with van der Waals surface area (Å²) in [5.74, 6) is -0.166. The average Bonchev–Trinajstić information content (AvgIpc) is 1.82. The number of unbranched alkanes of at least 4 members (excludes halogenated alkanes) is 1. The van der Waals surface area contributed by atoms with Crippen LogP contribution in [0.15, 0.2) is 0 Å². The number of carboxylic acid groups (broad SMARTS) is 1. The molecule has 0 saturated heterocycles. The Labute approximate surface area is 65.6 Å². The van der Waals surface area contributed by atoms with Gasteiger partial charge in [-0.25, -0.2) is 0 Å². The number of hydrogen-bond acceptors (Lipinski definition) is 2. The first-order chi connectivity index (χ1) is 4.65. The second-order valence-electron chi connectivity index (χ2n) is 1.64. The van der Waals surface area contributed by atoms with E-state index in [2.05, 4.69) is 0 Å². The topological polar surface area (TPSA) is 57.5 Å². The summed E-state index contributed by atoms with van der Waals surface area (Å²) in [4.78, 5) is 9.00. The normalized spacial score (nSPS) is 7.90. The van der Waals surface area contributed by atoms with Crippen LogP contribution in [0.5, 0.6) is 0 Å². The molecule has 0 fully saturated rings. The van der Waals surface area contributed by atoms with E-state index in [0.29, 0.717) is 5.88 Å². The van der Waals surface area contributed by atoms with Crippen molar-refractivity contribution in [3.8, 4) is 0 Å². The zero-order chi connectivity index (χ0) is 8.41. The van der Waals surface area contributed by atoms with Crippen LogP contribution in [0.3, 0.4) is 0 Å². The van der Waals surface area contributed by atoms with E-state index >= 15 is 0 Å². The molecule has 0 aromatic carbocycles. The van der Waals surface area contributed by atoms with Crippen molar-refractivity contribution in [3.05, 3.63) is 0 Å². The van der Waals surface area contributed by atoms with Crippen molar-refractivity contribution in [1.82, 2.24) is 0 Å². The number of carbonyl (C=O) groups is 1. The molecule has 10 heavy (non-hydrogen) atoms. The van der Waals surface area contributed by atoms with Crippen LogP contribution in [0.2, 0.25) is 0 Å². The van der Waals surface area contributed by atoms with E-state index in [-0.39, 0.29) is 6.61 Å². The Morgan fingerprint density at radius 2 is 1.90 bits per heavy atom. The SMILES string of the molecule is CC(=O)O.OCCCCCl. The highest BCUT2D eigenvalue weighted by atomic mass is 35.5. The van der Waals surface area contributed by atoms with Crippen LogP contribution in [-0.4, -0.2) is 28.7 Å². The second kappa shape index (κ2) is 11.5. The molecule has 0 aliphatic heterocycles. The molecule has 0 aliphatic carbocycles. The maximum absolute atomic E-state index is 9.00. The maximum Gasteiger partial charge on any atom is 0.300 e. The summed E-state index contributed by atoms with van der Waals surface area (Å²) in [6.45, 7) is 1.35. The van der Waals surface area contributed by atoms with Crippen molar-refractivity contribution < 1.29 is 15.0 Å². The third-order valence-electron chi connectivity index (χ3n) is 0.542. The number of hydrogen-bond donors (Lipinski definition) is 2. The summed E-state index contributed by atoms with van der Waals surface area (Å²) in [5.41, 5.74) is 0. The first kappa shape index (κ1) is 12.4. The minimum Gasteiger partial charge on any atom is -0.481 e. The first-order valence-electron chi connectivity index (χ1n) is 3.01. The largest absolute Gasteiger partial charge is 0.481 e. The van der Waals surface area contributed by atoms with Crippen molar-refractivity contribution in [1.29, 1.82) is 0 Å². The highest BCUT2D eigenvalue weighted by Crippen LogP contribution is 1.87. The quantitative estimate of drug-likeness (QED) is 0.490. The summed E-state index contributed by atoms with van der Waals surface area (Å²) < 4.78 is 0. The summed E-state index contributed by atoms with van der Waals surface area (Å²) in [6.07, 6.45) is 1.77. The molecule has 0 aliphatic rings. The summed E-state index contributed by atoms with van der Waals surface area (Å²) in [6, 6.07) is 0. The molecule has 0 rings (SSSR count). The lowest BCUT2D eigenvalue weighted by Crippen LogP contribution is -1.81. The van der Waals surface area contributed by atoms with Gasteiger partial charge in [0.05, 0.1) is 0 Å². The monoisotopic (exact) mass is 168 g/mol. The number of aliphatic carboxylic acids is 1. The molecule has 0 bridgehead atoms. The third kappa shape index (κ3) is 47.1. The van der Waals surface area contributed by atoms with Crippen molar-refractivity contribution in [2.45, 2.75) is 19.8 Å². The smallest absolute Gasteiger partial charge is 0.300 e. The molecule has 0 radical (unpaired) electrons. The van der Waals surface area contributed by atoms with Crippen molar-refractivity contribution >= 4 is 17.6 Å². The van der Waals surface area contributed by atoms with Gasteiger partial charge >= 0.3 is 0 Å². The van der Waals surface area contributed by atoms with Crippen LogP contribution in [0.4, 0.5) is 0 Å². The molecule has 3 nitrogen and oxygen atoms in total. The van der Waals surface area contributed by atoms with Crippen LogP contribution in [-0.2, 0) is 4.79 Å². The molecule has 0 aromatic rings. The zero-order valence-electron chi connectivity index (χ0n) is 6.01. The molecule has 0 amide bonds. The van der Waals surface area contributed by atoms with E-state index in [0.717, 1.165) is 19.8 Å². The molecule has 0 saturated carbocycles. The van der Waals surface area contributed by atoms with Gasteiger partial charge in [-0.05, 0) is 12.8 Å². The molecule has 4 heteroatoms. The lowest BCUT2D eigenvalue weighted by Gasteiger charge is -1.84. The molecule has 0 spiro atoms. The average molecular weight is 169 g/mol. The van der Waals surface area contributed by atoms with Gasteiger partial charge in [0.1, 0.15) is 0 Å². The predicted octanol–water partition coefficient (Wildman–Crippen LogP) is 1.09. The van der Waals surface area contributed by atoms with Crippen molar-refractivity contribution in [2.24, 2.45) is 0 Å². The molecule has 0 unspecified atom stereocenters. The lowest BCUT2D eigenvalue weighted by molar-refractivity contribution is -0.134. The summed E-state index contributed by atoms with van der Waals surface area (Å²) >= 11 is 5.27. The number of aliphatic hydroxyl groups excluding tert-OH is 1. The number of carboxylic acids is 1. The fraction of sp³-hybridized carbons (Fsp3) is 0.833. The third-order valence-corrected chi connectivity index (χ3v) is 0.809. The van der Waals surface area contributed by atoms with Crippen LogP contribution in [0.25, 0.3) is 0 Å². The number of aliphatic hydroxyl groups is 1. The Morgan fingerprint density at radius 1 is 1.50 bits per heavy atom. The van der Waals surface area contributed by atoms with E-state index in [1.807, 2.05) is 0 Å². The molecule has 2 N–H and O–H groups in total. The van der Waals surface area contributed by atoms with Gasteiger partial charge < -0.3 is 10.2 Å². The van der Waals surface area contributed by atoms with Crippen molar-refractivity contribution in [3.63, 3.8) is 0 Å². The summed E-state index contributed by atoms with van der Waals surface area (Å²) in [7, 11) is 0. The molecular weight excluding hydrogens is 156 g/mol. The van der Waals surface area contributed by atoms with Gasteiger partial charge in [-0.15, -0.1) is 11.6 Å². The fourth-order valence-corrected chi connectivity index (χ4v) is 0.395. The van der Waals surface area contributed by atoms with Gasteiger partial charge in [-0.2, -0.15) is 0 Å². The van der Waals surface area contributed by atoms with E-state index < -0.39 is 5.97 Å². The van der Waals surface area contributed by atoms with Crippen LogP contribution in [0.1, 0.15) is 19.8 Å². The number of rotatable bonds is 3. The lowest BCUT2D eigenvalue weighted by atomic mass is 10.4. The molecule has 0 aromatic heterocycles. The van der Waals surface area contributed by atoms with Gasteiger partial charge in [-0.3, -0.25) is 4.79 Å². The van der Waals surface area contributed by atoms with E-state index in [4.69, 9.17) is 26.6 Å². The Kier molecular flexibility index (Phi) is 14.3. The van der Waals surface area contributed by atoms with Gasteiger partial charge in [-0.1, -0.05) is 0 Å². The van der Waals surface area contributed by atoms with Crippen molar-refractivity contribution in [2.75, 3.05) is 12.5 Å². The predicted molar refractivity (Wildman–Crippen MR) is 40.3 cm³/mol. The Bertz CT molecular complexity index is 67.4. The number of alkyl halides is 1. The van der Waals surface area contributed by atoms with Crippen LogP contribution >= 0.6 is 11.6 Å². The molecule has 62 valence electrons. The Morgan fingerprint density at radius 3 is 2.00 bits per heavy atom.